The molecule has 1 aliphatic heterocycles. The fourth-order valence-electron chi connectivity index (χ4n) is 4.68. The summed E-state index contributed by atoms with van der Waals surface area (Å²) in [6, 6.07) is 4.21. The number of alkyl halides is 3. The van der Waals surface area contributed by atoms with Crippen LogP contribution in [0.3, 0.4) is 0 Å². The Morgan fingerprint density at radius 2 is 1.92 bits per heavy atom. The second-order valence-electron chi connectivity index (χ2n) is 8.46. The smallest absolute Gasteiger partial charge is 0.323 e. The van der Waals surface area contributed by atoms with Crippen molar-refractivity contribution in [3.05, 3.63) is 35.4 Å². The highest BCUT2D eigenvalue weighted by molar-refractivity contribution is 6.07. The molecule has 1 aliphatic carbocycles. The molecular formula is C19H23F3N2O2. The minimum Gasteiger partial charge on any atom is -0.323 e. The molecule has 3 amide bonds. The molecule has 1 N–H and O–H groups in total. The molecule has 1 spiro atoms. The van der Waals surface area contributed by atoms with Crippen molar-refractivity contribution in [3.8, 4) is 0 Å². The van der Waals surface area contributed by atoms with Gasteiger partial charge in [-0.15, -0.1) is 0 Å². The molecule has 0 radical (unpaired) electrons. The third kappa shape index (κ3) is 3.44. The predicted octanol–water partition coefficient (Wildman–Crippen LogP) is 4.34. The molecule has 0 aromatic heterocycles. The van der Waals surface area contributed by atoms with E-state index in [1.807, 2.05) is 0 Å². The van der Waals surface area contributed by atoms with Crippen LogP contribution in [-0.2, 0) is 17.5 Å². The van der Waals surface area contributed by atoms with Crippen LogP contribution in [0.15, 0.2) is 24.3 Å². The maximum absolute atomic E-state index is 13.0. The molecule has 1 heterocycles. The number of carbonyl (C=O) groups excluding carboxylic acids is 2. The topological polar surface area (TPSA) is 49.4 Å². The second kappa shape index (κ2) is 5.99. The number of imide groups is 1. The summed E-state index contributed by atoms with van der Waals surface area (Å²) < 4.78 is 38.7. The molecule has 142 valence electrons. The van der Waals surface area contributed by atoms with E-state index >= 15 is 0 Å². The lowest BCUT2D eigenvalue weighted by atomic mass is 9.64. The SMILES string of the molecule is C[C@@H]1CC(C)(C)C[C@@]2(C1)NC(=O)N(Cc1cccc(C(F)(F)F)c1)C2=O. The Morgan fingerprint density at radius 3 is 2.54 bits per heavy atom. The number of rotatable bonds is 2. The predicted molar refractivity (Wildman–Crippen MR) is 90.1 cm³/mol. The Morgan fingerprint density at radius 1 is 1.23 bits per heavy atom. The summed E-state index contributed by atoms with van der Waals surface area (Å²) in [7, 11) is 0. The van der Waals surface area contributed by atoms with E-state index < -0.39 is 23.3 Å². The molecule has 26 heavy (non-hydrogen) atoms. The van der Waals surface area contributed by atoms with Gasteiger partial charge in [-0.2, -0.15) is 13.2 Å². The minimum atomic E-state index is -4.46. The number of nitrogens with zero attached hydrogens (tertiary/aromatic N) is 1. The number of amides is 3. The molecule has 4 nitrogen and oxygen atoms in total. The van der Waals surface area contributed by atoms with Gasteiger partial charge >= 0.3 is 12.2 Å². The summed E-state index contributed by atoms with van der Waals surface area (Å²) >= 11 is 0. The fourth-order valence-corrected chi connectivity index (χ4v) is 4.68. The number of hydrogen-bond acceptors (Lipinski definition) is 2. The van der Waals surface area contributed by atoms with Gasteiger partial charge in [0.25, 0.3) is 5.91 Å². The van der Waals surface area contributed by atoms with E-state index in [4.69, 9.17) is 0 Å². The minimum absolute atomic E-state index is 0.0905. The normalized spacial score (nSPS) is 28.5. The number of carbonyl (C=O) groups is 2. The van der Waals surface area contributed by atoms with Crippen molar-refractivity contribution < 1.29 is 22.8 Å². The van der Waals surface area contributed by atoms with Gasteiger partial charge < -0.3 is 5.32 Å². The van der Waals surface area contributed by atoms with Crippen LogP contribution in [0.5, 0.6) is 0 Å². The van der Waals surface area contributed by atoms with Crippen molar-refractivity contribution in [1.82, 2.24) is 10.2 Å². The van der Waals surface area contributed by atoms with Crippen molar-refractivity contribution in [3.63, 3.8) is 0 Å². The Bertz CT molecular complexity index is 745. The standard InChI is InChI=1S/C19H23F3N2O2/c1-12-8-17(2,3)11-18(9-12)15(25)24(16(26)23-18)10-13-5-4-6-14(7-13)19(20,21)22/h4-7,12H,8-11H2,1-3H3,(H,23,26)/t12-,18-/m1/s1. The van der Waals surface area contributed by atoms with E-state index in [1.54, 1.807) is 0 Å². The highest BCUT2D eigenvalue weighted by Gasteiger charge is 2.56. The first-order chi connectivity index (χ1) is 11.9. The van der Waals surface area contributed by atoms with Gasteiger partial charge in [0.1, 0.15) is 5.54 Å². The summed E-state index contributed by atoms with van der Waals surface area (Å²) in [5.74, 6) is -0.0592. The second-order valence-corrected chi connectivity index (χ2v) is 8.46. The molecule has 7 heteroatoms. The molecule has 1 aromatic carbocycles. The zero-order valence-electron chi connectivity index (χ0n) is 15.1. The average Bonchev–Trinajstić information content (AvgIpc) is 2.68. The van der Waals surface area contributed by atoms with Gasteiger partial charge in [0.05, 0.1) is 12.1 Å². The summed E-state index contributed by atoms with van der Waals surface area (Å²) in [6.07, 6.45) is -2.41. The molecule has 0 bridgehead atoms. The summed E-state index contributed by atoms with van der Waals surface area (Å²) in [6.45, 7) is 6.03. The third-order valence-electron chi connectivity index (χ3n) is 5.22. The van der Waals surface area contributed by atoms with Gasteiger partial charge in [-0.1, -0.05) is 32.9 Å². The molecule has 2 aliphatic rings. The maximum Gasteiger partial charge on any atom is 0.416 e. The van der Waals surface area contributed by atoms with E-state index in [0.29, 0.717) is 12.8 Å². The molecule has 1 saturated carbocycles. The molecule has 2 fully saturated rings. The number of urea groups is 1. The zero-order chi connectivity index (χ0) is 19.3. The molecule has 1 aromatic rings. The molecule has 1 saturated heterocycles. The van der Waals surface area contributed by atoms with Gasteiger partial charge in [0.2, 0.25) is 0 Å². The first kappa shape index (κ1) is 18.7. The van der Waals surface area contributed by atoms with Crippen molar-refractivity contribution in [1.29, 1.82) is 0 Å². The van der Waals surface area contributed by atoms with Crippen LogP contribution in [-0.4, -0.2) is 22.4 Å². The van der Waals surface area contributed by atoms with Crippen LogP contribution in [0.2, 0.25) is 0 Å². The van der Waals surface area contributed by atoms with Crippen LogP contribution in [0.25, 0.3) is 0 Å². The highest BCUT2D eigenvalue weighted by atomic mass is 19.4. The van der Waals surface area contributed by atoms with E-state index in [2.05, 4.69) is 26.1 Å². The van der Waals surface area contributed by atoms with Crippen molar-refractivity contribution in [2.45, 2.75) is 58.3 Å². The lowest BCUT2D eigenvalue weighted by Crippen LogP contribution is -2.54. The summed E-state index contributed by atoms with van der Waals surface area (Å²) in [4.78, 5) is 26.5. The fraction of sp³-hybridized carbons (Fsp3) is 0.579. The lowest BCUT2D eigenvalue weighted by Gasteiger charge is -2.43. The quantitative estimate of drug-likeness (QED) is 0.790. The summed E-state index contributed by atoms with van der Waals surface area (Å²) in [5, 5.41) is 2.84. The van der Waals surface area contributed by atoms with Crippen LogP contribution >= 0.6 is 0 Å². The summed E-state index contributed by atoms with van der Waals surface area (Å²) in [5.41, 5.74) is -1.54. The highest BCUT2D eigenvalue weighted by Crippen LogP contribution is 2.46. The molecular weight excluding hydrogens is 345 g/mol. The van der Waals surface area contributed by atoms with E-state index in [-0.39, 0.29) is 29.3 Å². The molecule has 0 unspecified atom stereocenters. The van der Waals surface area contributed by atoms with Gasteiger partial charge in [-0.3, -0.25) is 9.69 Å². The lowest BCUT2D eigenvalue weighted by molar-refractivity contribution is -0.137. The maximum atomic E-state index is 13.0. The zero-order valence-corrected chi connectivity index (χ0v) is 15.1. The van der Waals surface area contributed by atoms with Gasteiger partial charge in [-0.05, 0) is 48.3 Å². The molecule has 2 atom stereocenters. The van der Waals surface area contributed by atoms with Crippen molar-refractivity contribution in [2.75, 3.05) is 0 Å². The van der Waals surface area contributed by atoms with Gasteiger partial charge in [-0.25, -0.2) is 4.79 Å². The molecule has 3 rings (SSSR count). The van der Waals surface area contributed by atoms with Gasteiger partial charge in [0, 0.05) is 0 Å². The number of halogens is 3. The first-order valence-electron chi connectivity index (χ1n) is 8.72. The van der Waals surface area contributed by atoms with E-state index in [9.17, 15) is 22.8 Å². The Kier molecular flexibility index (Phi) is 4.32. The third-order valence-corrected chi connectivity index (χ3v) is 5.22. The van der Waals surface area contributed by atoms with Crippen LogP contribution in [0.1, 0.15) is 51.2 Å². The largest absolute Gasteiger partial charge is 0.416 e. The first-order valence-corrected chi connectivity index (χ1v) is 8.72. The average molecular weight is 368 g/mol. The van der Waals surface area contributed by atoms with Crippen molar-refractivity contribution in [2.24, 2.45) is 11.3 Å². The number of hydrogen-bond donors (Lipinski definition) is 1. The Hall–Kier alpha value is -2.05. The van der Waals surface area contributed by atoms with Crippen LogP contribution in [0, 0.1) is 11.3 Å². The van der Waals surface area contributed by atoms with Crippen LogP contribution < -0.4 is 5.32 Å². The van der Waals surface area contributed by atoms with Gasteiger partial charge in [0.15, 0.2) is 0 Å². The number of nitrogens with one attached hydrogen (secondary N) is 1. The van der Waals surface area contributed by atoms with Crippen molar-refractivity contribution >= 4 is 11.9 Å². The van der Waals surface area contributed by atoms with E-state index in [1.165, 1.54) is 12.1 Å². The van der Waals surface area contributed by atoms with E-state index in [0.717, 1.165) is 23.5 Å². The monoisotopic (exact) mass is 368 g/mol. The van der Waals surface area contributed by atoms with Crippen LogP contribution in [0.4, 0.5) is 18.0 Å². The number of benzene rings is 1. The Labute approximate surface area is 150 Å². The Balaban J connectivity index is 1.84.